The summed E-state index contributed by atoms with van der Waals surface area (Å²) in [5, 5.41) is 0. The van der Waals surface area contributed by atoms with Crippen LogP contribution in [-0.2, 0) is 10.0 Å². The van der Waals surface area contributed by atoms with Crippen molar-refractivity contribution in [2.45, 2.75) is 16.2 Å². The molecule has 0 amide bonds. The van der Waals surface area contributed by atoms with E-state index < -0.39 is 10.0 Å². The number of ether oxygens (including phenoxy) is 2. The molecule has 2 aromatic carbocycles. The van der Waals surface area contributed by atoms with Gasteiger partial charge >= 0.3 is 0 Å². The Labute approximate surface area is 151 Å². The Morgan fingerprint density at radius 2 is 1.72 bits per heavy atom. The molecule has 5 nitrogen and oxygen atoms in total. The monoisotopic (exact) mass is 385 g/mol. The lowest BCUT2D eigenvalue weighted by molar-refractivity contribution is 0.354. The fraction of sp³-hybridized carbons (Fsp3) is 0.294. The average Bonchev–Trinajstić information content (AvgIpc) is 2.62. The molecule has 0 heterocycles. The van der Waals surface area contributed by atoms with E-state index in [0.29, 0.717) is 24.5 Å². The summed E-state index contributed by atoms with van der Waals surface area (Å²) in [5.41, 5.74) is 0. The second kappa shape index (κ2) is 9.07. The average molecular weight is 385 g/mol. The fourth-order valence-electron chi connectivity index (χ4n) is 2.07. The van der Waals surface area contributed by atoms with E-state index in [2.05, 4.69) is 4.72 Å². The number of hydrogen-bond donors (Lipinski definition) is 1. The van der Waals surface area contributed by atoms with E-state index in [-0.39, 0.29) is 10.7 Å². The molecule has 0 fully saturated rings. The van der Waals surface area contributed by atoms with Crippen molar-refractivity contribution in [3.05, 3.63) is 48.3 Å². The first-order valence-electron chi connectivity index (χ1n) is 7.56. The fourth-order valence-corrected chi connectivity index (χ4v) is 4.01. The quantitative estimate of drug-likeness (QED) is 0.530. The van der Waals surface area contributed by atoms with E-state index >= 15 is 0 Å². The van der Waals surface area contributed by atoms with E-state index in [1.54, 1.807) is 30.0 Å². The molecule has 0 aliphatic carbocycles. The van der Waals surface area contributed by atoms with Gasteiger partial charge in [0.05, 0.1) is 19.1 Å². The summed E-state index contributed by atoms with van der Waals surface area (Å²) in [4.78, 5) is 1.07. The maximum absolute atomic E-state index is 12.8. The number of sulfonamides is 1. The zero-order chi connectivity index (χ0) is 18.3. The number of rotatable bonds is 9. The Kier molecular flexibility index (Phi) is 7.10. The molecule has 1 N–H and O–H groups in total. The van der Waals surface area contributed by atoms with Gasteiger partial charge in [-0.3, -0.25) is 0 Å². The molecule has 0 aliphatic heterocycles. The van der Waals surface area contributed by atoms with Gasteiger partial charge < -0.3 is 9.47 Å². The van der Waals surface area contributed by atoms with Crippen LogP contribution in [0, 0.1) is 5.82 Å². The third kappa shape index (κ3) is 5.62. The molecule has 0 spiro atoms. The summed E-state index contributed by atoms with van der Waals surface area (Å²) in [7, 11) is -0.671. The van der Waals surface area contributed by atoms with Crippen molar-refractivity contribution in [1.82, 2.24) is 4.72 Å². The van der Waals surface area contributed by atoms with Crippen LogP contribution < -0.4 is 14.2 Å². The van der Waals surface area contributed by atoms with E-state index in [1.807, 2.05) is 0 Å². The molecule has 0 unspecified atom stereocenters. The van der Waals surface area contributed by atoms with Crippen LogP contribution in [0.3, 0.4) is 0 Å². The van der Waals surface area contributed by atoms with E-state index in [4.69, 9.17) is 9.47 Å². The van der Waals surface area contributed by atoms with Crippen molar-refractivity contribution in [2.24, 2.45) is 0 Å². The number of halogens is 1. The number of benzene rings is 2. The van der Waals surface area contributed by atoms with Crippen molar-refractivity contribution < 1.29 is 22.3 Å². The van der Waals surface area contributed by atoms with Crippen molar-refractivity contribution in [2.75, 3.05) is 26.5 Å². The molecular weight excluding hydrogens is 365 g/mol. The van der Waals surface area contributed by atoms with Crippen LogP contribution in [0.15, 0.2) is 52.3 Å². The molecule has 0 atom stereocenters. The molecule has 25 heavy (non-hydrogen) atoms. The zero-order valence-corrected chi connectivity index (χ0v) is 15.6. The van der Waals surface area contributed by atoms with Gasteiger partial charge in [0.25, 0.3) is 0 Å². The van der Waals surface area contributed by atoms with Crippen LogP contribution >= 0.6 is 11.8 Å². The van der Waals surface area contributed by atoms with Gasteiger partial charge in [-0.25, -0.2) is 17.5 Å². The summed E-state index contributed by atoms with van der Waals surface area (Å²) < 4.78 is 50.2. The Balaban J connectivity index is 1.86. The summed E-state index contributed by atoms with van der Waals surface area (Å²) in [6.45, 7) is 0.310. The highest BCUT2D eigenvalue weighted by atomic mass is 32.2. The predicted octanol–water partition coefficient (Wildman–Crippen LogP) is 3.30. The first-order chi connectivity index (χ1) is 12.0. The van der Waals surface area contributed by atoms with Gasteiger partial charge in [-0.05, 0) is 48.6 Å². The smallest absolute Gasteiger partial charge is 0.240 e. The molecule has 0 bridgehead atoms. The standard InChI is InChI=1S/C17H20FNO4S2/c1-22-16-9-8-15(12-17(16)23-2)25(20,21)19-10-3-11-24-14-6-4-13(18)5-7-14/h4-9,12,19H,3,10-11H2,1-2H3. The van der Waals surface area contributed by atoms with Gasteiger partial charge in [0.15, 0.2) is 11.5 Å². The number of hydrogen-bond acceptors (Lipinski definition) is 5. The second-order valence-corrected chi connectivity index (χ2v) is 8.01. The van der Waals surface area contributed by atoms with Gasteiger partial charge in [-0.2, -0.15) is 0 Å². The highest BCUT2D eigenvalue weighted by molar-refractivity contribution is 7.99. The molecule has 2 rings (SSSR count). The van der Waals surface area contributed by atoms with Gasteiger partial charge in [-0.15, -0.1) is 11.8 Å². The van der Waals surface area contributed by atoms with Crippen LogP contribution in [0.25, 0.3) is 0 Å². The summed E-state index contributed by atoms with van der Waals surface area (Å²) in [6, 6.07) is 10.7. The zero-order valence-electron chi connectivity index (χ0n) is 14.0. The number of methoxy groups -OCH3 is 2. The summed E-state index contributed by atoms with van der Waals surface area (Å²) in [6.07, 6.45) is 0.647. The molecule has 0 saturated heterocycles. The first kappa shape index (κ1) is 19.6. The topological polar surface area (TPSA) is 64.6 Å². The lowest BCUT2D eigenvalue weighted by Crippen LogP contribution is -2.25. The van der Waals surface area contributed by atoms with Crippen LogP contribution in [-0.4, -0.2) is 34.9 Å². The lowest BCUT2D eigenvalue weighted by atomic mass is 10.3. The van der Waals surface area contributed by atoms with E-state index in [9.17, 15) is 12.8 Å². The Hall–Kier alpha value is -1.77. The maximum atomic E-state index is 12.8. The van der Waals surface area contributed by atoms with Crippen molar-refractivity contribution in [3.63, 3.8) is 0 Å². The molecule has 2 aromatic rings. The predicted molar refractivity (Wildman–Crippen MR) is 96.5 cm³/mol. The summed E-state index contributed by atoms with van der Waals surface area (Å²) in [5.74, 6) is 1.28. The van der Waals surface area contributed by atoms with Crippen molar-refractivity contribution in [1.29, 1.82) is 0 Å². The lowest BCUT2D eigenvalue weighted by Gasteiger charge is -2.11. The van der Waals surface area contributed by atoms with E-state index in [1.165, 1.54) is 38.5 Å². The van der Waals surface area contributed by atoms with Crippen LogP contribution in [0.4, 0.5) is 4.39 Å². The first-order valence-corrected chi connectivity index (χ1v) is 10.0. The Morgan fingerprint density at radius 3 is 2.36 bits per heavy atom. The third-order valence-electron chi connectivity index (χ3n) is 3.36. The van der Waals surface area contributed by atoms with Crippen LogP contribution in [0.2, 0.25) is 0 Å². The Morgan fingerprint density at radius 1 is 1.04 bits per heavy atom. The van der Waals surface area contributed by atoms with Gasteiger partial charge in [-0.1, -0.05) is 0 Å². The molecule has 0 radical (unpaired) electrons. The molecular formula is C17H20FNO4S2. The third-order valence-corrected chi connectivity index (χ3v) is 5.92. The van der Waals surface area contributed by atoms with Gasteiger partial charge in [0.1, 0.15) is 5.82 Å². The minimum atomic E-state index is -3.61. The normalized spacial score (nSPS) is 11.3. The maximum Gasteiger partial charge on any atom is 0.240 e. The molecule has 0 saturated carbocycles. The highest BCUT2D eigenvalue weighted by Crippen LogP contribution is 2.29. The summed E-state index contributed by atoms with van der Waals surface area (Å²) >= 11 is 1.55. The van der Waals surface area contributed by atoms with Crippen LogP contribution in [0.5, 0.6) is 11.5 Å². The second-order valence-electron chi connectivity index (χ2n) is 5.07. The number of nitrogens with one attached hydrogen (secondary N) is 1. The SMILES string of the molecule is COc1ccc(S(=O)(=O)NCCCSc2ccc(F)cc2)cc1OC. The molecule has 136 valence electrons. The highest BCUT2D eigenvalue weighted by Gasteiger charge is 2.16. The van der Waals surface area contributed by atoms with Gasteiger partial charge in [0.2, 0.25) is 10.0 Å². The van der Waals surface area contributed by atoms with E-state index in [0.717, 1.165) is 10.6 Å². The van der Waals surface area contributed by atoms with Crippen LogP contribution in [0.1, 0.15) is 6.42 Å². The minimum Gasteiger partial charge on any atom is -0.493 e. The van der Waals surface area contributed by atoms with Gasteiger partial charge in [0, 0.05) is 17.5 Å². The van der Waals surface area contributed by atoms with Crippen molar-refractivity contribution >= 4 is 21.8 Å². The number of thioether (sulfide) groups is 1. The molecule has 0 aliphatic rings. The largest absolute Gasteiger partial charge is 0.493 e. The minimum absolute atomic E-state index is 0.122. The molecule has 0 aromatic heterocycles. The Bertz CT molecular complexity index is 795. The molecule has 8 heteroatoms. The van der Waals surface area contributed by atoms with Crippen molar-refractivity contribution in [3.8, 4) is 11.5 Å².